The van der Waals surface area contributed by atoms with Gasteiger partial charge in [0.2, 0.25) is 0 Å². The van der Waals surface area contributed by atoms with Gasteiger partial charge in [0.15, 0.2) is 5.78 Å². The molecule has 0 spiro atoms. The molecule has 11 heteroatoms. The predicted molar refractivity (Wildman–Crippen MR) is 189 cm³/mol. The summed E-state index contributed by atoms with van der Waals surface area (Å²) in [5.41, 5.74) is 3.98. The lowest BCUT2D eigenvalue weighted by Gasteiger charge is -2.30. The fourth-order valence-electron chi connectivity index (χ4n) is 5.81. The Labute approximate surface area is 289 Å². The molecular formula is C37H51N5O5S. The number of ether oxygens (including phenoxy) is 2. The smallest absolute Gasteiger partial charge is 0.407 e. The lowest BCUT2D eigenvalue weighted by Crippen LogP contribution is -2.50. The van der Waals surface area contributed by atoms with E-state index in [4.69, 9.17) is 9.47 Å². The fraction of sp³-hybridized carbons (Fsp3) is 0.514. The van der Waals surface area contributed by atoms with Crippen molar-refractivity contribution in [1.29, 1.82) is 0 Å². The highest BCUT2D eigenvalue weighted by molar-refractivity contribution is 7.09. The van der Waals surface area contributed by atoms with E-state index >= 15 is 0 Å². The van der Waals surface area contributed by atoms with Gasteiger partial charge in [-0.25, -0.2) is 9.59 Å². The second-order valence-electron chi connectivity index (χ2n) is 12.8. The molecule has 1 saturated heterocycles. The van der Waals surface area contributed by atoms with Crippen LogP contribution in [0.15, 0.2) is 72.4 Å². The van der Waals surface area contributed by atoms with Gasteiger partial charge in [0.25, 0.3) is 0 Å². The number of benzene rings is 2. The van der Waals surface area contributed by atoms with Crippen LogP contribution in [-0.2, 0) is 33.7 Å². The number of thiazole rings is 1. The number of alkyl carbamates (subject to hydrolysis) is 1. The van der Waals surface area contributed by atoms with Crippen LogP contribution in [0.4, 0.5) is 9.59 Å². The SMILES string of the molecule is CC(C)N(C)C(=O)NC(CCN1CCOCC1)C(=O)C[C@H](CC[C@H](Cc1ccccc1)NC(=O)OCc1cncs1)Cc1ccccc1. The van der Waals surface area contributed by atoms with Crippen molar-refractivity contribution in [3.05, 3.63) is 88.4 Å². The number of amides is 3. The maximum atomic E-state index is 14.1. The predicted octanol–water partition coefficient (Wildman–Crippen LogP) is 5.72. The summed E-state index contributed by atoms with van der Waals surface area (Å²) in [4.78, 5) is 48.9. The number of carbonyl (C=O) groups is 3. The Morgan fingerprint density at radius 2 is 1.60 bits per heavy atom. The van der Waals surface area contributed by atoms with Crippen LogP contribution in [0.3, 0.4) is 0 Å². The van der Waals surface area contributed by atoms with E-state index in [9.17, 15) is 14.4 Å². The Bertz CT molecular complexity index is 1370. The van der Waals surface area contributed by atoms with Gasteiger partial charge in [0.05, 0.1) is 29.6 Å². The molecule has 2 heterocycles. The number of aromatic nitrogens is 1. The zero-order valence-corrected chi connectivity index (χ0v) is 29.3. The number of carbonyl (C=O) groups excluding carboxylic acids is 3. The first-order valence-corrected chi connectivity index (χ1v) is 17.9. The lowest BCUT2D eigenvalue weighted by atomic mass is 9.86. The van der Waals surface area contributed by atoms with Crippen molar-refractivity contribution in [2.24, 2.45) is 5.92 Å². The van der Waals surface area contributed by atoms with Crippen LogP contribution in [0, 0.1) is 5.92 Å². The summed E-state index contributed by atoms with van der Waals surface area (Å²) in [7, 11) is 1.75. The summed E-state index contributed by atoms with van der Waals surface area (Å²) in [6.45, 7) is 7.78. The number of hydrogen-bond acceptors (Lipinski definition) is 8. The minimum Gasteiger partial charge on any atom is -0.444 e. The first-order chi connectivity index (χ1) is 23.3. The van der Waals surface area contributed by atoms with Crippen LogP contribution < -0.4 is 10.6 Å². The Kier molecular flexibility index (Phi) is 15.3. The van der Waals surface area contributed by atoms with E-state index in [1.54, 1.807) is 23.7 Å². The quantitative estimate of drug-likeness (QED) is 0.177. The van der Waals surface area contributed by atoms with E-state index in [2.05, 4.69) is 44.8 Å². The minimum atomic E-state index is -0.597. The van der Waals surface area contributed by atoms with Gasteiger partial charge in [-0.2, -0.15) is 0 Å². The van der Waals surface area contributed by atoms with E-state index in [0.29, 0.717) is 51.9 Å². The average molecular weight is 678 g/mol. The lowest BCUT2D eigenvalue weighted by molar-refractivity contribution is -0.122. The first kappa shape index (κ1) is 37.0. The van der Waals surface area contributed by atoms with Crippen molar-refractivity contribution in [3.8, 4) is 0 Å². The van der Waals surface area contributed by atoms with Crippen molar-refractivity contribution >= 4 is 29.2 Å². The number of urea groups is 1. The van der Waals surface area contributed by atoms with Gasteiger partial charge in [0.1, 0.15) is 6.61 Å². The Hall–Kier alpha value is -3.80. The second-order valence-corrected chi connectivity index (χ2v) is 13.8. The molecule has 0 radical (unpaired) electrons. The van der Waals surface area contributed by atoms with Gasteiger partial charge in [-0.3, -0.25) is 14.7 Å². The molecule has 1 aliphatic heterocycles. The van der Waals surface area contributed by atoms with E-state index in [1.807, 2.05) is 50.2 Å². The van der Waals surface area contributed by atoms with Crippen LogP contribution in [0.1, 0.15) is 55.5 Å². The summed E-state index contributed by atoms with van der Waals surface area (Å²) in [6.07, 6.45) is 4.82. The van der Waals surface area contributed by atoms with Gasteiger partial charge < -0.3 is 25.0 Å². The first-order valence-electron chi connectivity index (χ1n) is 17.0. The third kappa shape index (κ3) is 13.0. The fourth-order valence-corrected chi connectivity index (χ4v) is 6.31. The molecule has 0 saturated carbocycles. The number of nitrogens with zero attached hydrogens (tertiary/aromatic N) is 3. The molecule has 2 aromatic carbocycles. The van der Waals surface area contributed by atoms with Crippen molar-refractivity contribution in [1.82, 2.24) is 25.4 Å². The summed E-state index contributed by atoms with van der Waals surface area (Å²) in [6, 6.07) is 19.2. The van der Waals surface area contributed by atoms with Crippen LogP contribution >= 0.6 is 11.3 Å². The maximum Gasteiger partial charge on any atom is 0.407 e. The van der Waals surface area contributed by atoms with Gasteiger partial charge in [0, 0.05) is 51.4 Å². The third-order valence-corrected chi connectivity index (χ3v) is 9.63. The zero-order chi connectivity index (χ0) is 34.1. The molecule has 48 heavy (non-hydrogen) atoms. The molecule has 260 valence electrons. The van der Waals surface area contributed by atoms with Crippen LogP contribution in [0.5, 0.6) is 0 Å². The summed E-state index contributed by atoms with van der Waals surface area (Å²) in [5.74, 6) is 0.0463. The molecule has 3 aromatic rings. The topological polar surface area (TPSA) is 113 Å². The monoisotopic (exact) mass is 677 g/mol. The number of rotatable bonds is 18. The van der Waals surface area contributed by atoms with E-state index in [0.717, 1.165) is 35.5 Å². The average Bonchev–Trinajstić information content (AvgIpc) is 3.63. The van der Waals surface area contributed by atoms with Crippen molar-refractivity contribution in [3.63, 3.8) is 0 Å². The molecule has 3 amide bonds. The molecule has 1 fully saturated rings. The Morgan fingerprint density at radius 1 is 0.938 bits per heavy atom. The third-order valence-electron chi connectivity index (χ3n) is 8.88. The van der Waals surface area contributed by atoms with E-state index < -0.39 is 12.1 Å². The summed E-state index contributed by atoms with van der Waals surface area (Å²) >= 11 is 1.44. The highest BCUT2D eigenvalue weighted by Gasteiger charge is 2.28. The van der Waals surface area contributed by atoms with Crippen LogP contribution in [-0.4, -0.2) is 90.7 Å². The molecular weight excluding hydrogens is 627 g/mol. The molecule has 4 rings (SSSR count). The van der Waals surface area contributed by atoms with Crippen molar-refractivity contribution < 1.29 is 23.9 Å². The van der Waals surface area contributed by atoms with Crippen molar-refractivity contribution in [2.45, 2.75) is 77.1 Å². The number of nitrogens with one attached hydrogen (secondary N) is 2. The molecule has 1 unspecified atom stereocenters. The summed E-state index contributed by atoms with van der Waals surface area (Å²) in [5, 5.41) is 6.15. The van der Waals surface area contributed by atoms with E-state index in [-0.39, 0.29) is 36.4 Å². The normalized spacial score (nSPS) is 15.3. The number of ketones is 1. The molecule has 1 aliphatic rings. The van der Waals surface area contributed by atoms with Gasteiger partial charge >= 0.3 is 12.1 Å². The molecule has 0 aliphatic carbocycles. The minimum absolute atomic E-state index is 0.00791. The molecule has 2 N–H and O–H groups in total. The number of Topliss-reactive ketones (excluding diaryl/α,β-unsaturated/α-hetero) is 1. The molecule has 3 atom stereocenters. The van der Waals surface area contributed by atoms with Crippen LogP contribution in [0.2, 0.25) is 0 Å². The van der Waals surface area contributed by atoms with Crippen LogP contribution in [0.25, 0.3) is 0 Å². The largest absolute Gasteiger partial charge is 0.444 e. The maximum absolute atomic E-state index is 14.1. The molecule has 0 bridgehead atoms. The number of hydrogen-bond donors (Lipinski definition) is 2. The summed E-state index contributed by atoms with van der Waals surface area (Å²) < 4.78 is 11.0. The van der Waals surface area contributed by atoms with Gasteiger partial charge in [-0.05, 0) is 63.0 Å². The van der Waals surface area contributed by atoms with E-state index in [1.165, 1.54) is 11.3 Å². The van der Waals surface area contributed by atoms with Gasteiger partial charge in [-0.1, -0.05) is 60.7 Å². The Balaban J connectivity index is 1.46. The van der Waals surface area contributed by atoms with Gasteiger partial charge in [-0.15, -0.1) is 11.3 Å². The highest BCUT2D eigenvalue weighted by Crippen LogP contribution is 2.22. The zero-order valence-electron chi connectivity index (χ0n) is 28.5. The second kappa shape index (κ2) is 19.9. The standard InChI is InChI=1S/C37H51N5O5S/c1-28(2)41(3)36(44)40-34(16-17-42-18-20-46-21-19-42)35(43)24-31(22-29-10-6-4-7-11-29)14-15-32(23-30-12-8-5-9-13-30)39-37(45)47-26-33-25-38-27-48-33/h4-13,25,27-28,31-32,34H,14-24,26H2,1-3H3,(H,39,45)(H,40,44)/t31-,32-,34?/m1/s1. The molecule has 1 aromatic heterocycles. The highest BCUT2D eigenvalue weighted by atomic mass is 32.1. The van der Waals surface area contributed by atoms with Crippen molar-refractivity contribution in [2.75, 3.05) is 39.9 Å². The Morgan fingerprint density at radius 3 is 2.23 bits per heavy atom. The molecule has 10 nitrogen and oxygen atoms in total. The number of morpholine rings is 1.